The van der Waals surface area contributed by atoms with E-state index in [1.807, 2.05) is 0 Å². The molecule has 0 atom stereocenters. The number of nitrogens with one attached hydrogen (secondary N) is 1. The number of esters is 1. The van der Waals surface area contributed by atoms with Crippen molar-refractivity contribution in [2.75, 3.05) is 37.7 Å². The average molecular weight is 263 g/mol. The molecular weight excluding hydrogens is 242 g/mol. The molecule has 0 saturated carbocycles. The highest BCUT2D eigenvalue weighted by Crippen LogP contribution is 2.33. The molecule has 1 amide bonds. The average Bonchev–Trinajstić information content (AvgIpc) is 2.21. The molecule has 0 aliphatic rings. The topological polar surface area (TPSA) is 72.5 Å². The van der Waals surface area contributed by atoms with Crippen molar-refractivity contribution in [3.63, 3.8) is 0 Å². The third-order valence-corrected chi connectivity index (χ3v) is 3.29. The number of carbonyl (C=O) groups excluding carboxylic acids is 3. The monoisotopic (exact) mass is 263 g/mol. The highest BCUT2D eigenvalue weighted by Gasteiger charge is 2.09. The van der Waals surface area contributed by atoms with Crippen LogP contribution in [0.1, 0.15) is 12.8 Å². The highest BCUT2D eigenvalue weighted by atomic mass is 32.3. The lowest BCUT2D eigenvalue weighted by Gasteiger charge is -2.24. The van der Waals surface area contributed by atoms with E-state index in [0.717, 1.165) is 5.75 Å². The zero-order chi connectivity index (χ0) is 13.3. The van der Waals surface area contributed by atoms with Gasteiger partial charge in [-0.1, -0.05) is 0 Å². The number of amides is 1. The van der Waals surface area contributed by atoms with Crippen molar-refractivity contribution in [1.29, 1.82) is 0 Å². The number of hydrogen-bond acceptors (Lipinski definition) is 4. The molecule has 6 heteroatoms. The second-order valence-electron chi connectivity index (χ2n) is 4.49. The van der Waals surface area contributed by atoms with Crippen LogP contribution >= 0.6 is 10.0 Å². The minimum atomic E-state index is -0.658. The molecule has 0 spiro atoms. The van der Waals surface area contributed by atoms with Crippen molar-refractivity contribution < 1.29 is 19.1 Å². The van der Waals surface area contributed by atoms with Gasteiger partial charge in [0.25, 0.3) is 0 Å². The fourth-order valence-electron chi connectivity index (χ4n) is 0.937. The van der Waals surface area contributed by atoms with Crippen molar-refractivity contribution >= 4 is 28.2 Å². The maximum absolute atomic E-state index is 11.2. The molecular formula is C11H21NO4S. The van der Waals surface area contributed by atoms with Gasteiger partial charge in [-0.15, -0.1) is 0 Å². The summed E-state index contributed by atoms with van der Waals surface area (Å²) in [5.74, 6) is 0.196. The van der Waals surface area contributed by atoms with Gasteiger partial charge in [-0.05, 0) is 18.8 Å². The van der Waals surface area contributed by atoms with E-state index in [1.54, 1.807) is 0 Å². The van der Waals surface area contributed by atoms with E-state index in [4.69, 9.17) is 4.74 Å². The Hall–Kier alpha value is -1.04. The van der Waals surface area contributed by atoms with Crippen LogP contribution in [0.25, 0.3) is 0 Å². The van der Waals surface area contributed by atoms with Crippen LogP contribution in [0.4, 0.5) is 0 Å². The van der Waals surface area contributed by atoms with Gasteiger partial charge in [0.2, 0.25) is 5.91 Å². The molecule has 17 heavy (non-hydrogen) atoms. The van der Waals surface area contributed by atoms with E-state index >= 15 is 0 Å². The number of rotatable bonds is 8. The van der Waals surface area contributed by atoms with Crippen LogP contribution in [-0.4, -0.2) is 55.8 Å². The van der Waals surface area contributed by atoms with Gasteiger partial charge in [-0.25, -0.2) is 10.0 Å². The summed E-state index contributed by atoms with van der Waals surface area (Å²) < 4.78 is 5.01. The Morgan fingerprint density at radius 2 is 1.88 bits per heavy atom. The lowest BCUT2D eigenvalue weighted by molar-refractivity contribution is -0.144. The molecule has 0 heterocycles. The summed E-state index contributed by atoms with van der Waals surface area (Å²) in [6.07, 6.45) is 7.16. The highest BCUT2D eigenvalue weighted by molar-refractivity contribution is 8.32. The molecule has 0 unspecified atom stereocenters. The number of hydrogen-bond donors (Lipinski definition) is 1. The van der Waals surface area contributed by atoms with E-state index < -0.39 is 10.0 Å². The van der Waals surface area contributed by atoms with Crippen LogP contribution < -0.4 is 5.32 Å². The summed E-state index contributed by atoms with van der Waals surface area (Å²) in [5, 5.41) is 2.36. The van der Waals surface area contributed by atoms with Gasteiger partial charge in [0.15, 0.2) is 0 Å². The molecule has 0 fully saturated rings. The fraction of sp³-hybridized carbons (Fsp3) is 0.727. The number of aldehydes is 1. The molecule has 0 rings (SSSR count). The van der Waals surface area contributed by atoms with Crippen LogP contribution in [0.2, 0.25) is 0 Å². The molecule has 0 aromatic rings. The maximum Gasteiger partial charge on any atom is 0.306 e. The molecule has 1 N–H and O–H groups in total. The van der Waals surface area contributed by atoms with E-state index in [-0.39, 0.29) is 31.3 Å². The first-order valence-electron chi connectivity index (χ1n) is 5.37. The van der Waals surface area contributed by atoms with E-state index in [9.17, 15) is 14.4 Å². The Balaban J connectivity index is 3.59. The van der Waals surface area contributed by atoms with Crippen LogP contribution in [0.5, 0.6) is 0 Å². The molecule has 0 aromatic heterocycles. The lowest BCUT2D eigenvalue weighted by atomic mass is 10.3. The first-order chi connectivity index (χ1) is 7.85. The minimum absolute atomic E-state index is 0.0126. The fourth-order valence-corrected chi connectivity index (χ4v) is 1.52. The maximum atomic E-state index is 11.2. The summed E-state index contributed by atoms with van der Waals surface area (Å²) in [5.41, 5.74) is 0. The van der Waals surface area contributed by atoms with Crippen LogP contribution in [0.3, 0.4) is 0 Å². The Morgan fingerprint density at radius 1 is 1.24 bits per heavy atom. The normalized spacial score (nSPS) is 11.7. The number of ether oxygens (including phenoxy) is 1. The second kappa shape index (κ2) is 8.11. The minimum Gasteiger partial charge on any atom is -0.465 e. The lowest BCUT2D eigenvalue weighted by Crippen LogP contribution is -2.25. The Bertz CT molecular complexity index is 273. The standard InChI is InChI=1S/C11H21NO4S/c1-17(2,3)9-8-16-11(15)5-4-10(14)12-6-7-13/h7H,4-6,8-9H2,1-3H3,(H,12,14). The van der Waals surface area contributed by atoms with Crippen molar-refractivity contribution in [2.24, 2.45) is 0 Å². The van der Waals surface area contributed by atoms with Gasteiger partial charge >= 0.3 is 5.97 Å². The van der Waals surface area contributed by atoms with E-state index in [1.165, 1.54) is 0 Å². The summed E-state index contributed by atoms with van der Waals surface area (Å²) in [6.45, 7) is 0.398. The third-order valence-electron chi connectivity index (χ3n) is 1.90. The Labute approximate surface area is 104 Å². The predicted octanol–water partition coefficient (Wildman–Crippen LogP) is 0.319. The van der Waals surface area contributed by atoms with Gasteiger partial charge in [-0.3, -0.25) is 9.59 Å². The SMILES string of the molecule is CS(C)(C)CCOC(=O)CCC(=O)NCC=O. The van der Waals surface area contributed by atoms with Gasteiger partial charge in [0.05, 0.1) is 19.6 Å². The Morgan fingerprint density at radius 3 is 2.41 bits per heavy atom. The van der Waals surface area contributed by atoms with Crippen LogP contribution in [0, 0.1) is 0 Å². The summed E-state index contributed by atoms with van der Waals surface area (Å²) in [6, 6.07) is 0. The predicted molar refractivity (Wildman–Crippen MR) is 69.5 cm³/mol. The largest absolute Gasteiger partial charge is 0.465 e. The zero-order valence-corrected chi connectivity index (χ0v) is 11.5. The first kappa shape index (κ1) is 16.0. The second-order valence-corrected chi connectivity index (χ2v) is 9.08. The smallest absolute Gasteiger partial charge is 0.306 e. The van der Waals surface area contributed by atoms with Gasteiger partial charge < -0.3 is 14.8 Å². The van der Waals surface area contributed by atoms with Gasteiger partial charge in [-0.2, -0.15) is 0 Å². The summed E-state index contributed by atoms with van der Waals surface area (Å²) >= 11 is 0. The molecule has 0 saturated heterocycles. The zero-order valence-electron chi connectivity index (χ0n) is 10.7. The molecule has 0 bridgehead atoms. The van der Waals surface area contributed by atoms with Crippen molar-refractivity contribution in [3.05, 3.63) is 0 Å². The summed E-state index contributed by atoms with van der Waals surface area (Å²) in [4.78, 5) is 32.3. The van der Waals surface area contributed by atoms with E-state index in [0.29, 0.717) is 12.9 Å². The third kappa shape index (κ3) is 11.2. The Kier molecular flexibility index (Phi) is 7.61. The number of carbonyl (C=O) groups is 3. The quantitative estimate of drug-likeness (QED) is 0.505. The first-order valence-corrected chi connectivity index (χ1v) is 8.40. The van der Waals surface area contributed by atoms with Gasteiger partial charge in [0, 0.05) is 12.2 Å². The molecule has 0 aliphatic heterocycles. The molecule has 0 radical (unpaired) electrons. The molecule has 100 valence electrons. The van der Waals surface area contributed by atoms with Crippen LogP contribution in [0.15, 0.2) is 0 Å². The molecule has 5 nitrogen and oxygen atoms in total. The van der Waals surface area contributed by atoms with Crippen molar-refractivity contribution in [1.82, 2.24) is 5.32 Å². The van der Waals surface area contributed by atoms with Gasteiger partial charge in [0.1, 0.15) is 6.29 Å². The summed E-state index contributed by atoms with van der Waals surface area (Å²) in [7, 11) is -0.658. The van der Waals surface area contributed by atoms with Crippen LogP contribution in [-0.2, 0) is 19.1 Å². The van der Waals surface area contributed by atoms with Crippen molar-refractivity contribution in [2.45, 2.75) is 12.8 Å². The van der Waals surface area contributed by atoms with Crippen molar-refractivity contribution in [3.8, 4) is 0 Å². The van der Waals surface area contributed by atoms with E-state index in [2.05, 4.69) is 24.1 Å². The molecule has 0 aromatic carbocycles. The molecule has 0 aliphatic carbocycles.